The summed E-state index contributed by atoms with van der Waals surface area (Å²) in [6.45, 7) is -0.537. The van der Waals surface area contributed by atoms with E-state index in [1.165, 1.54) is 14.2 Å². The second-order valence-electron chi connectivity index (χ2n) is 6.30. The molecule has 30 heavy (non-hydrogen) atoms. The maximum Gasteiger partial charge on any atom is 0.185 e. The third-order valence-corrected chi connectivity index (χ3v) is 5.83. The van der Waals surface area contributed by atoms with Crippen LogP contribution in [0, 0.1) is 0 Å². The maximum atomic E-state index is 11.9. The van der Waals surface area contributed by atoms with Crippen LogP contribution in [-0.2, 0) is 9.84 Å². The van der Waals surface area contributed by atoms with Gasteiger partial charge in [0, 0.05) is 12.1 Å². The Hall–Kier alpha value is -3.11. The third-order valence-electron chi connectivity index (χ3n) is 4.24. The van der Waals surface area contributed by atoms with Crippen LogP contribution in [-0.4, -0.2) is 62.4 Å². The first kappa shape index (κ1) is 21.6. The Balaban J connectivity index is 1.90. The minimum Gasteiger partial charge on any atom is -0.497 e. The Morgan fingerprint density at radius 1 is 1.07 bits per heavy atom. The summed E-state index contributed by atoms with van der Waals surface area (Å²) >= 11 is 0. The first-order chi connectivity index (χ1) is 14.5. The number of ether oxygens (including phenoxy) is 3. The Bertz CT molecular complexity index is 1120. The number of para-hydroxylation sites is 2. The van der Waals surface area contributed by atoms with Gasteiger partial charge in [-0.1, -0.05) is 12.1 Å². The smallest absolute Gasteiger partial charge is 0.185 e. The van der Waals surface area contributed by atoms with Crippen molar-refractivity contribution in [1.29, 1.82) is 0 Å². The number of fused-ring (bicyclic) bond motifs is 1. The first-order valence-corrected chi connectivity index (χ1v) is 11.0. The lowest BCUT2D eigenvalue weighted by Gasteiger charge is -2.17. The lowest BCUT2D eigenvalue weighted by atomic mass is 10.2. The Kier molecular flexibility index (Phi) is 6.91. The number of methoxy groups -OCH3 is 2. The monoisotopic (exact) mass is 433 g/mol. The molecule has 0 fully saturated rings. The van der Waals surface area contributed by atoms with Crippen LogP contribution in [0.2, 0.25) is 0 Å². The van der Waals surface area contributed by atoms with Crippen LogP contribution < -0.4 is 19.5 Å². The van der Waals surface area contributed by atoms with E-state index in [2.05, 4.69) is 15.3 Å². The highest BCUT2D eigenvalue weighted by Gasteiger charge is 2.17. The van der Waals surface area contributed by atoms with Gasteiger partial charge in [-0.25, -0.2) is 13.4 Å². The second-order valence-corrected chi connectivity index (χ2v) is 8.60. The Morgan fingerprint density at radius 3 is 2.53 bits per heavy atom. The van der Waals surface area contributed by atoms with E-state index in [0.29, 0.717) is 28.8 Å². The van der Waals surface area contributed by atoms with Crippen molar-refractivity contribution in [3.63, 3.8) is 0 Å². The standard InChI is InChI=1S/C20H23N3O6S/c1-27-14-11-17(23-19-13-21-15-5-3-4-6-16(15)22-19)20(18(12-14)28-2)29-8-10-30(25,26)9-7-24/h3-6,11-13,24H,7-10H2,1-2H3,(H,22,23). The molecule has 0 saturated carbocycles. The van der Waals surface area contributed by atoms with Crippen molar-refractivity contribution in [2.45, 2.75) is 0 Å². The molecule has 0 spiro atoms. The van der Waals surface area contributed by atoms with Crippen molar-refractivity contribution < 1.29 is 27.7 Å². The van der Waals surface area contributed by atoms with Crippen LogP contribution in [0.5, 0.6) is 17.2 Å². The number of aromatic nitrogens is 2. The lowest BCUT2D eigenvalue weighted by molar-refractivity contribution is 0.308. The SMILES string of the molecule is COc1cc(Nc2cnc3ccccc3n2)c(OCCS(=O)(=O)CCO)c(OC)c1. The molecular weight excluding hydrogens is 410 g/mol. The third kappa shape index (κ3) is 5.28. The largest absolute Gasteiger partial charge is 0.497 e. The minimum atomic E-state index is -3.41. The number of hydrogen-bond acceptors (Lipinski definition) is 9. The van der Waals surface area contributed by atoms with Gasteiger partial charge in [0.25, 0.3) is 0 Å². The molecule has 160 valence electrons. The number of rotatable bonds is 10. The molecule has 0 aliphatic heterocycles. The van der Waals surface area contributed by atoms with Gasteiger partial charge in [-0.2, -0.15) is 0 Å². The Labute approximate surface area is 174 Å². The molecule has 0 unspecified atom stereocenters. The Morgan fingerprint density at radius 2 is 1.83 bits per heavy atom. The normalized spacial score (nSPS) is 11.3. The molecular formula is C20H23N3O6S. The van der Waals surface area contributed by atoms with Crippen molar-refractivity contribution in [3.8, 4) is 17.2 Å². The van der Waals surface area contributed by atoms with Crippen LogP contribution in [0.15, 0.2) is 42.6 Å². The number of aliphatic hydroxyl groups is 1. The molecule has 0 amide bonds. The summed E-state index contributed by atoms with van der Waals surface area (Å²) < 4.78 is 40.2. The molecule has 1 aromatic heterocycles. The highest BCUT2D eigenvalue weighted by molar-refractivity contribution is 7.91. The van der Waals surface area contributed by atoms with E-state index in [-0.39, 0.29) is 18.1 Å². The molecule has 2 N–H and O–H groups in total. The van der Waals surface area contributed by atoms with Gasteiger partial charge in [0.05, 0.1) is 55.2 Å². The number of hydrogen-bond donors (Lipinski definition) is 2. The topological polar surface area (TPSA) is 120 Å². The summed E-state index contributed by atoms with van der Waals surface area (Å²) in [5.41, 5.74) is 1.96. The van der Waals surface area contributed by atoms with Gasteiger partial charge in [0.15, 0.2) is 21.3 Å². The van der Waals surface area contributed by atoms with Gasteiger partial charge in [0.2, 0.25) is 0 Å². The van der Waals surface area contributed by atoms with E-state index in [1.54, 1.807) is 18.3 Å². The van der Waals surface area contributed by atoms with E-state index in [4.69, 9.17) is 19.3 Å². The van der Waals surface area contributed by atoms with Crippen molar-refractivity contribution in [1.82, 2.24) is 9.97 Å². The highest BCUT2D eigenvalue weighted by atomic mass is 32.2. The van der Waals surface area contributed by atoms with Crippen molar-refractivity contribution >= 4 is 32.4 Å². The number of anilines is 2. The molecule has 3 aromatic rings. The van der Waals surface area contributed by atoms with E-state index < -0.39 is 16.4 Å². The van der Waals surface area contributed by atoms with Crippen LogP contribution in [0.3, 0.4) is 0 Å². The van der Waals surface area contributed by atoms with Gasteiger partial charge < -0.3 is 24.6 Å². The molecule has 0 saturated heterocycles. The van der Waals surface area contributed by atoms with E-state index in [9.17, 15) is 8.42 Å². The van der Waals surface area contributed by atoms with Crippen LogP contribution >= 0.6 is 0 Å². The number of sulfone groups is 1. The molecule has 0 atom stereocenters. The van der Waals surface area contributed by atoms with Gasteiger partial charge in [-0.05, 0) is 12.1 Å². The van der Waals surface area contributed by atoms with Crippen molar-refractivity contribution in [2.24, 2.45) is 0 Å². The average molecular weight is 433 g/mol. The summed E-state index contributed by atoms with van der Waals surface area (Å²) in [6, 6.07) is 10.8. The van der Waals surface area contributed by atoms with Crippen molar-refractivity contribution in [3.05, 3.63) is 42.6 Å². The quantitative estimate of drug-likeness (QED) is 0.496. The first-order valence-electron chi connectivity index (χ1n) is 9.14. The summed E-state index contributed by atoms with van der Waals surface area (Å²) in [5, 5.41) is 12.0. The van der Waals surface area contributed by atoms with Gasteiger partial charge >= 0.3 is 0 Å². The van der Waals surface area contributed by atoms with Crippen LogP contribution in [0.1, 0.15) is 0 Å². The number of nitrogens with zero attached hydrogens (tertiary/aromatic N) is 2. The summed E-state index contributed by atoms with van der Waals surface area (Å²) in [7, 11) is -0.413. The van der Waals surface area contributed by atoms with E-state index >= 15 is 0 Å². The zero-order chi connectivity index (χ0) is 21.6. The fourth-order valence-corrected chi connectivity index (χ4v) is 3.57. The number of nitrogens with one attached hydrogen (secondary N) is 1. The van der Waals surface area contributed by atoms with Gasteiger partial charge in [-0.3, -0.25) is 4.98 Å². The summed E-state index contributed by atoms with van der Waals surface area (Å²) in [6.07, 6.45) is 1.59. The predicted octanol–water partition coefficient (Wildman–Crippen LogP) is 2.18. The zero-order valence-electron chi connectivity index (χ0n) is 16.7. The van der Waals surface area contributed by atoms with Gasteiger partial charge in [-0.15, -0.1) is 0 Å². The second kappa shape index (κ2) is 9.59. The lowest BCUT2D eigenvalue weighted by Crippen LogP contribution is -2.19. The molecule has 2 aromatic carbocycles. The molecule has 0 radical (unpaired) electrons. The van der Waals surface area contributed by atoms with Crippen molar-refractivity contribution in [2.75, 3.05) is 44.3 Å². The summed E-state index contributed by atoms with van der Waals surface area (Å²) in [4.78, 5) is 8.91. The van der Waals surface area contributed by atoms with Gasteiger partial charge in [0.1, 0.15) is 18.2 Å². The molecule has 0 aliphatic rings. The number of benzene rings is 2. The molecule has 1 heterocycles. The molecule has 0 bridgehead atoms. The zero-order valence-corrected chi connectivity index (χ0v) is 17.5. The maximum absolute atomic E-state index is 11.9. The predicted molar refractivity (Wildman–Crippen MR) is 114 cm³/mol. The molecule has 10 heteroatoms. The van der Waals surface area contributed by atoms with Crippen LogP contribution in [0.4, 0.5) is 11.5 Å². The molecule has 0 aliphatic carbocycles. The van der Waals surface area contributed by atoms with Crippen LogP contribution in [0.25, 0.3) is 11.0 Å². The molecule has 9 nitrogen and oxygen atoms in total. The highest BCUT2D eigenvalue weighted by Crippen LogP contribution is 2.40. The molecule has 3 rings (SSSR count). The fourth-order valence-electron chi connectivity index (χ4n) is 2.76. The number of aliphatic hydroxyl groups excluding tert-OH is 1. The van der Waals surface area contributed by atoms with E-state index in [0.717, 1.165) is 11.0 Å². The minimum absolute atomic E-state index is 0.108. The summed E-state index contributed by atoms with van der Waals surface area (Å²) in [5.74, 6) is 1.12. The average Bonchev–Trinajstić information content (AvgIpc) is 2.74. The fraction of sp³-hybridized carbons (Fsp3) is 0.300. The van der Waals surface area contributed by atoms with E-state index in [1.807, 2.05) is 24.3 Å².